The number of nitrogens with zero attached hydrogens (tertiary/aromatic N) is 3. The van der Waals surface area contributed by atoms with E-state index in [9.17, 15) is 4.79 Å². The summed E-state index contributed by atoms with van der Waals surface area (Å²) in [6.07, 6.45) is 6.03. The van der Waals surface area contributed by atoms with Crippen molar-refractivity contribution in [2.45, 2.75) is 19.4 Å². The van der Waals surface area contributed by atoms with Crippen molar-refractivity contribution in [3.8, 4) is 10.4 Å². The molecule has 1 saturated heterocycles. The van der Waals surface area contributed by atoms with Gasteiger partial charge in [-0.1, -0.05) is 11.6 Å². The van der Waals surface area contributed by atoms with Gasteiger partial charge in [-0.25, -0.2) is 0 Å². The van der Waals surface area contributed by atoms with E-state index in [1.807, 2.05) is 39.4 Å². The summed E-state index contributed by atoms with van der Waals surface area (Å²) in [6.45, 7) is 2.14. The van der Waals surface area contributed by atoms with E-state index in [0.717, 1.165) is 52.4 Å². The van der Waals surface area contributed by atoms with Gasteiger partial charge in [-0.3, -0.25) is 9.78 Å². The van der Waals surface area contributed by atoms with E-state index in [1.54, 1.807) is 11.3 Å². The fourth-order valence-electron chi connectivity index (χ4n) is 3.01. The van der Waals surface area contributed by atoms with Gasteiger partial charge in [0.05, 0.1) is 16.1 Å². The Labute approximate surface area is 143 Å². The lowest BCUT2D eigenvalue weighted by Gasteiger charge is -2.16. The van der Waals surface area contributed by atoms with Crippen LogP contribution in [0.15, 0.2) is 36.0 Å². The van der Waals surface area contributed by atoms with Gasteiger partial charge in [-0.05, 0) is 31.0 Å². The molecule has 1 amide bonds. The molecule has 0 aliphatic carbocycles. The van der Waals surface area contributed by atoms with Gasteiger partial charge in [0.15, 0.2) is 0 Å². The summed E-state index contributed by atoms with van der Waals surface area (Å²) in [5, 5.41) is 2.65. The third kappa shape index (κ3) is 2.86. The summed E-state index contributed by atoms with van der Waals surface area (Å²) in [7, 11) is 0. The Balaban J connectivity index is 1.66. The maximum absolute atomic E-state index is 12.4. The van der Waals surface area contributed by atoms with E-state index >= 15 is 0 Å². The number of halogens is 1. The van der Waals surface area contributed by atoms with Gasteiger partial charge >= 0.3 is 0 Å². The van der Waals surface area contributed by atoms with Crippen molar-refractivity contribution >= 4 is 39.9 Å². The summed E-state index contributed by atoms with van der Waals surface area (Å²) in [4.78, 5) is 19.9. The Morgan fingerprint density at radius 2 is 2.13 bits per heavy atom. The lowest BCUT2D eigenvalue weighted by atomic mass is 10.2. The number of aromatic nitrogens is 2. The van der Waals surface area contributed by atoms with Gasteiger partial charge in [0.1, 0.15) is 6.54 Å². The monoisotopic (exact) mass is 345 g/mol. The Morgan fingerprint density at radius 1 is 1.30 bits per heavy atom. The van der Waals surface area contributed by atoms with Crippen LogP contribution in [-0.4, -0.2) is 33.4 Å². The number of amides is 1. The zero-order chi connectivity index (χ0) is 15.8. The zero-order valence-corrected chi connectivity index (χ0v) is 14.1. The smallest absolute Gasteiger partial charge is 0.242 e. The minimum atomic E-state index is 0.185. The lowest BCUT2D eigenvalue weighted by Crippen LogP contribution is -2.30. The molecule has 0 spiro atoms. The highest BCUT2D eigenvalue weighted by Gasteiger charge is 2.18. The van der Waals surface area contributed by atoms with Crippen LogP contribution in [0.4, 0.5) is 0 Å². The summed E-state index contributed by atoms with van der Waals surface area (Å²) in [5.74, 6) is 0.185. The molecule has 1 aliphatic heterocycles. The van der Waals surface area contributed by atoms with E-state index in [0.29, 0.717) is 6.54 Å². The molecule has 4 rings (SSSR count). The van der Waals surface area contributed by atoms with Crippen molar-refractivity contribution in [1.82, 2.24) is 14.5 Å². The molecule has 0 radical (unpaired) electrons. The number of fused-ring (bicyclic) bond motifs is 1. The molecule has 0 aromatic carbocycles. The number of thiophene rings is 1. The largest absolute Gasteiger partial charge is 0.341 e. The number of rotatable bonds is 3. The molecule has 23 heavy (non-hydrogen) atoms. The minimum Gasteiger partial charge on any atom is -0.341 e. The van der Waals surface area contributed by atoms with E-state index < -0.39 is 0 Å². The molecule has 0 atom stereocenters. The first-order chi connectivity index (χ1) is 11.2. The average Bonchev–Trinajstić information content (AvgIpc) is 3.27. The van der Waals surface area contributed by atoms with Crippen LogP contribution in [0.25, 0.3) is 21.5 Å². The highest BCUT2D eigenvalue weighted by atomic mass is 35.5. The highest BCUT2D eigenvalue weighted by molar-refractivity contribution is 7.14. The molecule has 3 aromatic heterocycles. The molecule has 6 heteroatoms. The topological polar surface area (TPSA) is 38.1 Å². The summed E-state index contributed by atoms with van der Waals surface area (Å²) in [6, 6.07) is 5.98. The quantitative estimate of drug-likeness (QED) is 0.718. The van der Waals surface area contributed by atoms with Crippen LogP contribution < -0.4 is 0 Å². The average molecular weight is 346 g/mol. The van der Waals surface area contributed by atoms with Crippen molar-refractivity contribution in [3.63, 3.8) is 0 Å². The third-order valence-corrected chi connectivity index (χ3v) is 5.56. The second-order valence-electron chi connectivity index (χ2n) is 5.79. The predicted molar refractivity (Wildman–Crippen MR) is 93.9 cm³/mol. The Bertz CT molecular complexity index is 864. The lowest BCUT2D eigenvalue weighted by molar-refractivity contribution is -0.130. The zero-order valence-electron chi connectivity index (χ0n) is 12.5. The van der Waals surface area contributed by atoms with E-state index in [1.165, 1.54) is 0 Å². The molecule has 3 aromatic rings. The molecule has 4 nitrogen and oxygen atoms in total. The van der Waals surface area contributed by atoms with Crippen LogP contribution in [0.5, 0.6) is 0 Å². The van der Waals surface area contributed by atoms with Gasteiger partial charge in [0.25, 0.3) is 0 Å². The van der Waals surface area contributed by atoms with E-state index in [4.69, 9.17) is 11.6 Å². The molecule has 1 aliphatic rings. The number of carbonyl (C=O) groups excluding carboxylic acids is 1. The Kier molecular flexibility index (Phi) is 3.83. The van der Waals surface area contributed by atoms with Crippen molar-refractivity contribution in [2.24, 2.45) is 0 Å². The summed E-state index contributed by atoms with van der Waals surface area (Å²) >= 11 is 7.61. The fraction of sp³-hybridized carbons (Fsp3) is 0.294. The maximum Gasteiger partial charge on any atom is 0.242 e. The number of likely N-dealkylation sites (tertiary alicyclic amines) is 1. The number of pyridine rings is 1. The van der Waals surface area contributed by atoms with Crippen LogP contribution in [0.2, 0.25) is 5.02 Å². The normalized spacial score (nSPS) is 14.7. The van der Waals surface area contributed by atoms with Crippen molar-refractivity contribution in [1.29, 1.82) is 0 Å². The third-order valence-electron chi connectivity index (χ3n) is 4.24. The Morgan fingerprint density at radius 3 is 2.87 bits per heavy atom. The second kappa shape index (κ2) is 5.98. The number of hydrogen-bond donors (Lipinski definition) is 0. The van der Waals surface area contributed by atoms with Crippen LogP contribution >= 0.6 is 22.9 Å². The van der Waals surface area contributed by atoms with Gasteiger partial charge < -0.3 is 9.47 Å². The number of carbonyl (C=O) groups is 1. The second-order valence-corrected chi connectivity index (χ2v) is 7.14. The highest BCUT2D eigenvalue weighted by Crippen LogP contribution is 2.31. The van der Waals surface area contributed by atoms with Crippen molar-refractivity contribution < 1.29 is 4.79 Å². The van der Waals surface area contributed by atoms with E-state index in [-0.39, 0.29) is 5.91 Å². The molecule has 0 unspecified atom stereocenters. The van der Waals surface area contributed by atoms with Crippen LogP contribution in [0.1, 0.15) is 12.8 Å². The predicted octanol–water partition coefficient (Wildman–Crippen LogP) is 4.04. The van der Waals surface area contributed by atoms with Crippen LogP contribution in [0, 0.1) is 0 Å². The molecule has 1 fully saturated rings. The van der Waals surface area contributed by atoms with Gasteiger partial charge in [-0.2, -0.15) is 0 Å². The van der Waals surface area contributed by atoms with Crippen LogP contribution in [-0.2, 0) is 11.3 Å². The first kappa shape index (κ1) is 14.7. The molecule has 0 saturated carbocycles. The van der Waals surface area contributed by atoms with Crippen molar-refractivity contribution in [3.05, 3.63) is 41.0 Å². The summed E-state index contributed by atoms with van der Waals surface area (Å²) < 4.78 is 1.99. The minimum absolute atomic E-state index is 0.185. The fourth-order valence-corrected chi connectivity index (χ4v) is 4.07. The first-order valence-electron chi connectivity index (χ1n) is 7.68. The van der Waals surface area contributed by atoms with Gasteiger partial charge in [0, 0.05) is 41.3 Å². The SMILES string of the molecule is O=C(Cn1ccc2ncc(-c3cc(Cl)cs3)cc21)N1CCCC1. The number of hydrogen-bond acceptors (Lipinski definition) is 3. The van der Waals surface area contributed by atoms with E-state index in [2.05, 4.69) is 11.1 Å². The summed E-state index contributed by atoms with van der Waals surface area (Å²) in [5.41, 5.74) is 2.92. The maximum atomic E-state index is 12.4. The van der Waals surface area contributed by atoms with Crippen molar-refractivity contribution in [2.75, 3.05) is 13.1 Å². The molecular formula is C17H16ClN3OS. The van der Waals surface area contributed by atoms with Gasteiger partial charge in [-0.15, -0.1) is 11.3 Å². The molecular weight excluding hydrogens is 330 g/mol. The Hall–Kier alpha value is -1.85. The molecule has 0 N–H and O–H groups in total. The van der Waals surface area contributed by atoms with Gasteiger partial charge in [0.2, 0.25) is 5.91 Å². The molecule has 118 valence electrons. The molecule has 0 bridgehead atoms. The first-order valence-corrected chi connectivity index (χ1v) is 8.93. The molecule has 4 heterocycles. The van der Waals surface area contributed by atoms with Crippen LogP contribution in [0.3, 0.4) is 0 Å². The standard InChI is InChI=1S/C17H16ClN3OS/c18-13-8-16(23-11-13)12-7-15-14(19-9-12)3-6-21(15)10-17(22)20-4-1-2-5-20/h3,6-9,11H,1-2,4-5,10H2.